The van der Waals surface area contributed by atoms with E-state index in [4.69, 9.17) is 4.74 Å². The quantitative estimate of drug-likeness (QED) is 0.773. The zero-order valence-corrected chi connectivity index (χ0v) is 17.5. The van der Waals surface area contributed by atoms with Gasteiger partial charge in [0.25, 0.3) is 11.5 Å². The molecule has 2 heterocycles. The number of nitrogens with zero attached hydrogens (tertiary/aromatic N) is 3. The van der Waals surface area contributed by atoms with E-state index in [1.807, 2.05) is 12.1 Å². The summed E-state index contributed by atoms with van der Waals surface area (Å²) in [5.74, 6) is 1.52. The van der Waals surface area contributed by atoms with Gasteiger partial charge in [0.05, 0.1) is 7.11 Å². The van der Waals surface area contributed by atoms with Gasteiger partial charge in [-0.1, -0.05) is 12.1 Å². The van der Waals surface area contributed by atoms with Crippen molar-refractivity contribution in [1.29, 1.82) is 0 Å². The van der Waals surface area contributed by atoms with Gasteiger partial charge in [-0.15, -0.1) is 0 Å². The molecule has 1 aliphatic heterocycles. The van der Waals surface area contributed by atoms with E-state index in [1.54, 1.807) is 26.0 Å². The molecule has 0 saturated carbocycles. The lowest BCUT2D eigenvalue weighted by molar-refractivity contribution is 0.0728. The lowest BCUT2D eigenvalue weighted by Gasteiger charge is -2.34. The van der Waals surface area contributed by atoms with Crippen molar-refractivity contribution >= 4 is 5.91 Å². The average molecular weight is 399 g/mol. The smallest absolute Gasteiger partial charge is 0.263 e. The Balaban J connectivity index is 1.51. The fraction of sp³-hybridized carbons (Fsp3) is 0.500. The number of aryl methyl sites for hydroxylation is 1. The maximum absolute atomic E-state index is 12.6. The van der Waals surface area contributed by atoms with Gasteiger partial charge in [0.15, 0.2) is 0 Å². The number of carbonyl (C=O) groups is 1. The SMILES string of the molecule is COc1ccc(CCN2CCC[C@@H](CN(C)C(=O)c3cnc(C)[nH]c3=O)C2)cc1. The van der Waals surface area contributed by atoms with E-state index in [0.29, 0.717) is 18.3 Å². The lowest BCUT2D eigenvalue weighted by atomic mass is 9.97. The third-order valence-electron chi connectivity index (χ3n) is 5.51. The molecule has 1 amide bonds. The van der Waals surface area contributed by atoms with E-state index < -0.39 is 0 Å². The normalized spacial score (nSPS) is 17.1. The summed E-state index contributed by atoms with van der Waals surface area (Å²) in [6.45, 7) is 5.40. The van der Waals surface area contributed by atoms with Crippen molar-refractivity contribution in [2.75, 3.05) is 40.3 Å². The third-order valence-corrected chi connectivity index (χ3v) is 5.51. The Labute approximate surface area is 171 Å². The van der Waals surface area contributed by atoms with Crippen LogP contribution in [0.25, 0.3) is 0 Å². The topological polar surface area (TPSA) is 78.5 Å². The minimum atomic E-state index is -0.376. The summed E-state index contributed by atoms with van der Waals surface area (Å²) in [6, 6.07) is 8.22. The standard InChI is InChI=1S/C22H30N4O3/c1-16-23-13-20(21(27)24-16)22(28)25(2)14-18-5-4-11-26(15-18)12-10-17-6-8-19(29-3)9-7-17/h6-9,13,18H,4-5,10-12,14-15H2,1-3H3,(H,23,24,27)/t18-/m0/s1. The average Bonchev–Trinajstić information content (AvgIpc) is 2.72. The van der Waals surface area contributed by atoms with Crippen LogP contribution in [0.2, 0.25) is 0 Å². The predicted molar refractivity (Wildman–Crippen MR) is 112 cm³/mol. The number of H-pyrrole nitrogens is 1. The number of rotatable bonds is 7. The van der Waals surface area contributed by atoms with Gasteiger partial charge in [-0.25, -0.2) is 4.98 Å². The fourth-order valence-electron chi connectivity index (χ4n) is 3.89. The molecule has 0 spiro atoms. The van der Waals surface area contributed by atoms with Gasteiger partial charge in [-0.3, -0.25) is 9.59 Å². The van der Waals surface area contributed by atoms with Crippen molar-refractivity contribution in [3.05, 3.63) is 57.8 Å². The number of aromatic amines is 1. The van der Waals surface area contributed by atoms with Gasteiger partial charge in [-0.2, -0.15) is 0 Å². The Morgan fingerprint density at radius 2 is 2.10 bits per heavy atom. The highest BCUT2D eigenvalue weighted by Crippen LogP contribution is 2.19. The molecule has 29 heavy (non-hydrogen) atoms. The molecule has 1 N–H and O–H groups in total. The predicted octanol–water partition coefficient (Wildman–Crippen LogP) is 2.11. The van der Waals surface area contributed by atoms with Gasteiger partial charge in [-0.05, 0) is 56.3 Å². The van der Waals surface area contributed by atoms with Gasteiger partial charge < -0.3 is 19.5 Å². The van der Waals surface area contributed by atoms with E-state index in [-0.39, 0.29) is 17.0 Å². The first kappa shape index (κ1) is 21.0. The van der Waals surface area contributed by atoms with Crippen LogP contribution >= 0.6 is 0 Å². The second-order valence-corrected chi connectivity index (χ2v) is 7.80. The molecular formula is C22H30N4O3. The monoisotopic (exact) mass is 398 g/mol. The third kappa shape index (κ3) is 5.67. The second-order valence-electron chi connectivity index (χ2n) is 7.80. The molecule has 7 heteroatoms. The number of ether oxygens (including phenoxy) is 1. The minimum absolute atomic E-state index is 0.102. The number of aromatic nitrogens is 2. The first-order valence-electron chi connectivity index (χ1n) is 10.1. The Bertz CT molecular complexity index is 878. The van der Waals surface area contributed by atoms with Crippen molar-refractivity contribution in [1.82, 2.24) is 19.8 Å². The molecule has 1 atom stereocenters. The van der Waals surface area contributed by atoms with Crippen molar-refractivity contribution < 1.29 is 9.53 Å². The second kappa shape index (κ2) is 9.69. The maximum atomic E-state index is 12.6. The van der Waals surface area contributed by atoms with Crippen LogP contribution in [0.4, 0.5) is 0 Å². The van der Waals surface area contributed by atoms with Crippen LogP contribution in [-0.2, 0) is 6.42 Å². The van der Waals surface area contributed by atoms with Gasteiger partial charge in [0.2, 0.25) is 0 Å². The summed E-state index contributed by atoms with van der Waals surface area (Å²) in [5.41, 5.74) is 1.02. The number of likely N-dealkylation sites (tertiary alicyclic amines) is 1. The number of benzene rings is 1. The molecular weight excluding hydrogens is 368 g/mol. The summed E-state index contributed by atoms with van der Waals surface area (Å²) in [5, 5.41) is 0. The highest BCUT2D eigenvalue weighted by atomic mass is 16.5. The molecule has 156 valence electrons. The van der Waals surface area contributed by atoms with Gasteiger partial charge in [0.1, 0.15) is 17.1 Å². The Morgan fingerprint density at radius 1 is 1.34 bits per heavy atom. The van der Waals surface area contributed by atoms with Gasteiger partial charge >= 0.3 is 0 Å². The molecule has 1 aromatic carbocycles. The lowest BCUT2D eigenvalue weighted by Crippen LogP contribution is -2.43. The molecule has 2 aromatic rings. The van der Waals surface area contributed by atoms with Crippen molar-refractivity contribution in [2.45, 2.75) is 26.2 Å². The van der Waals surface area contributed by atoms with Crippen LogP contribution < -0.4 is 10.3 Å². The number of hydrogen-bond acceptors (Lipinski definition) is 5. The molecule has 1 fully saturated rings. The minimum Gasteiger partial charge on any atom is -0.497 e. The van der Waals surface area contributed by atoms with Crippen LogP contribution in [0.15, 0.2) is 35.3 Å². The molecule has 0 unspecified atom stereocenters. The highest BCUT2D eigenvalue weighted by molar-refractivity contribution is 5.93. The highest BCUT2D eigenvalue weighted by Gasteiger charge is 2.24. The van der Waals surface area contributed by atoms with Crippen molar-refractivity contribution in [3.63, 3.8) is 0 Å². The van der Waals surface area contributed by atoms with Crippen LogP contribution in [0, 0.1) is 12.8 Å². The number of methoxy groups -OCH3 is 1. The van der Waals surface area contributed by atoms with Crippen molar-refractivity contribution in [3.8, 4) is 5.75 Å². The molecule has 0 bridgehead atoms. The van der Waals surface area contributed by atoms with E-state index in [9.17, 15) is 9.59 Å². The van der Waals surface area contributed by atoms with E-state index in [2.05, 4.69) is 27.0 Å². The summed E-state index contributed by atoms with van der Waals surface area (Å²) < 4.78 is 5.21. The maximum Gasteiger partial charge on any atom is 0.263 e. The molecule has 7 nitrogen and oxygen atoms in total. The van der Waals surface area contributed by atoms with E-state index in [1.165, 1.54) is 11.8 Å². The van der Waals surface area contributed by atoms with Crippen LogP contribution in [0.5, 0.6) is 5.75 Å². The summed E-state index contributed by atoms with van der Waals surface area (Å²) in [4.78, 5) is 35.4. The Hall–Kier alpha value is -2.67. The van der Waals surface area contributed by atoms with E-state index in [0.717, 1.165) is 44.6 Å². The molecule has 3 rings (SSSR count). The molecule has 0 radical (unpaired) electrons. The fourth-order valence-corrected chi connectivity index (χ4v) is 3.89. The first-order valence-corrected chi connectivity index (χ1v) is 10.1. The van der Waals surface area contributed by atoms with Crippen molar-refractivity contribution in [2.24, 2.45) is 5.92 Å². The summed E-state index contributed by atoms with van der Waals surface area (Å²) in [6.07, 6.45) is 4.59. The summed E-state index contributed by atoms with van der Waals surface area (Å²) in [7, 11) is 3.44. The zero-order chi connectivity index (χ0) is 20.8. The number of carbonyl (C=O) groups excluding carboxylic acids is 1. The van der Waals surface area contributed by atoms with E-state index >= 15 is 0 Å². The molecule has 0 aliphatic carbocycles. The van der Waals surface area contributed by atoms with Crippen LogP contribution in [-0.4, -0.2) is 66.0 Å². The first-order chi connectivity index (χ1) is 14.0. The molecule has 1 aliphatic rings. The number of piperidine rings is 1. The molecule has 1 saturated heterocycles. The van der Waals surface area contributed by atoms with Gasteiger partial charge in [0, 0.05) is 32.9 Å². The zero-order valence-electron chi connectivity index (χ0n) is 17.5. The largest absolute Gasteiger partial charge is 0.497 e. The Morgan fingerprint density at radius 3 is 2.79 bits per heavy atom. The summed E-state index contributed by atoms with van der Waals surface area (Å²) >= 11 is 0. The Kier molecular flexibility index (Phi) is 7.04. The number of nitrogens with one attached hydrogen (secondary N) is 1. The molecule has 1 aromatic heterocycles. The van der Waals surface area contributed by atoms with Crippen LogP contribution in [0.3, 0.4) is 0 Å². The van der Waals surface area contributed by atoms with Crippen LogP contribution in [0.1, 0.15) is 34.6 Å². The number of amides is 1. The number of hydrogen-bond donors (Lipinski definition) is 1.